The molecule has 0 bridgehead atoms. The first kappa shape index (κ1) is 8.74. The first-order valence-corrected chi connectivity index (χ1v) is 5.25. The Labute approximate surface area is 78.9 Å². The van der Waals surface area contributed by atoms with E-state index in [1.165, 1.54) is 6.42 Å². The molecule has 2 fully saturated rings. The van der Waals surface area contributed by atoms with E-state index in [4.69, 9.17) is 5.26 Å². The van der Waals surface area contributed by atoms with Crippen molar-refractivity contribution in [3.05, 3.63) is 0 Å². The number of carbonyl (C=O) groups is 1. The smallest absolute Gasteiger partial charge is 0.136 e. The van der Waals surface area contributed by atoms with E-state index in [0.29, 0.717) is 11.7 Å². The molecule has 0 saturated heterocycles. The molecule has 2 saturated carbocycles. The summed E-state index contributed by atoms with van der Waals surface area (Å²) >= 11 is 0. The molecule has 70 valence electrons. The van der Waals surface area contributed by atoms with Gasteiger partial charge in [-0.15, -0.1) is 0 Å². The fourth-order valence-corrected chi connectivity index (χ4v) is 2.63. The highest BCUT2D eigenvalue weighted by Gasteiger charge is 2.40. The van der Waals surface area contributed by atoms with Crippen molar-refractivity contribution < 1.29 is 4.79 Å². The first-order chi connectivity index (χ1) is 6.33. The molecule has 0 aromatic heterocycles. The molecule has 2 nitrogen and oxygen atoms in total. The Hall–Kier alpha value is -0.840. The van der Waals surface area contributed by atoms with Crippen LogP contribution in [-0.4, -0.2) is 5.78 Å². The highest BCUT2D eigenvalue weighted by molar-refractivity contribution is 5.82. The summed E-state index contributed by atoms with van der Waals surface area (Å²) in [6.07, 6.45) is 6.19. The van der Waals surface area contributed by atoms with Gasteiger partial charge in [0.2, 0.25) is 0 Å². The summed E-state index contributed by atoms with van der Waals surface area (Å²) in [6, 6.07) is 2.32. The molecule has 0 aromatic carbocycles. The fourth-order valence-electron chi connectivity index (χ4n) is 2.63. The number of nitriles is 1. The van der Waals surface area contributed by atoms with Crippen LogP contribution < -0.4 is 0 Å². The molecule has 3 unspecified atom stereocenters. The van der Waals surface area contributed by atoms with Gasteiger partial charge in [0.15, 0.2) is 0 Å². The number of ketones is 1. The van der Waals surface area contributed by atoms with Crippen molar-refractivity contribution in [1.29, 1.82) is 5.26 Å². The van der Waals surface area contributed by atoms with Gasteiger partial charge in [-0.2, -0.15) is 5.26 Å². The van der Waals surface area contributed by atoms with Crippen molar-refractivity contribution in [2.24, 2.45) is 17.8 Å². The molecule has 2 heteroatoms. The molecule has 0 aromatic rings. The molecule has 13 heavy (non-hydrogen) atoms. The van der Waals surface area contributed by atoms with Gasteiger partial charge < -0.3 is 0 Å². The summed E-state index contributed by atoms with van der Waals surface area (Å²) < 4.78 is 0. The van der Waals surface area contributed by atoms with E-state index >= 15 is 0 Å². The van der Waals surface area contributed by atoms with Crippen LogP contribution in [0.5, 0.6) is 0 Å². The standard InChI is InChI=1S/C11H15NO/c12-7-8-5-6-9(8)10-3-1-2-4-11(10)13/h8-10H,1-6H2. The molecule has 0 spiro atoms. The summed E-state index contributed by atoms with van der Waals surface area (Å²) in [7, 11) is 0. The van der Waals surface area contributed by atoms with Crippen LogP contribution in [-0.2, 0) is 4.79 Å². The molecule has 0 aliphatic heterocycles. The van der Waals surface area contributed by atoms with Crippen LogP contribution in [0.4, 0.5) is 0 Å². The van der Waals surface area contributed by atoms with Crippen molar-refractivity contribution in [1.82, 2.24) is 0 Å². The topological polar surface area (TPSA) is 40.9 Å². The van der Waals surface area contributed by atoms with E-state index < -0.39 is 0 Å². The van der Waals surface area contributed by atoms with Gasteiger partial charge >= 0.3 is 0 Å². The quantitative estimate of drug-likeness (QED) is 0.616. The van der Waals surface area contributed by atoms with Gasteiger partial charge in [0.05, 0.1) is 6.07 Å². The number of hydrogen-bond donors (Lipinski definition) is 0. The molecule has 2 aliphatic carbocycles. The molecule has 0 N–H and O–H groups in total. The lowest BCUT2D eigenvalue weighted by Crippen LogP contribution is -2.37. The van der Waals surface area contributed by atoms with Crippen LogP contribution in [0.1, 0.15) is 38.5 Å². The second-order valence-electron chi connectivity index (χ2n) is 4.30. The number of hydrogen-bond acceptors (Lipinski definition) is 2. The number of nitrogens with zero attached hydrogens (tertiary/aromatic N) is 1. The van der Waals surface area contributed by atoms with E-state index in [1.54, 1.807) is 0 Å². The number of carbonyl (C=O) groups excluding carboxylic acids is 1. The average molecular weight is 177 g/mol. The Morgan fingerprint density at radius 3 is 2.62 bits per heavy atom. The molecule has 0 radical (unpaired) electrons. The van der Waals surface area contributed by atoms with Gasteiger partial charge in [-0.1, -0.05) is 6.42 Å². The summed E-state index contributed by atoms with van der Waals surface area (Å²) in [5.41, 5.74) is 0. The van der Waals surface area contributed by atoms with Crippen LogP contribution in [0, 0.1) is 29.1 Å². The minimum absolute atomic E-state index is 0.187. The predicted octanol–water partition coefficient (Wildman–Crippen LogP) is 2.30. The zero-order valence-corrected chi connectivity index (χ0v) is 7.83. The number of Topliss-reactive ketones (excluding diaryl/α,β-unsaturated/α-hetero) is 1. The summed E-state index contributed by atoms with van der Waals surface area (Å²) in [5.74, 6) is 1.27. The second-order valence-corrected chi connectivity index (χ2v) is 4.30. The van der Waals surface area contributed by atoms with Crippen LogP contribution in [0.15, 0.2) is 0 Å². The Balaban J connectivity index is 1.99. The Bertz CT molecular complexity index is 253. The molecule has 0 heterocycles. The summed E-state index contributed by atoms with van der Waals surface area (Å²) in [6.45, 7) is 0. The van der Waals surface area contributed by atoms with Crippen LogP contribution in [0.2, 0.25) is 0 Å². The lowest BCUT2D eigenvalue weighted by molar-refractivity contribution is -0.128. The maximum absolute atomic E-state index is 11.6. The van der Waals surface area contributed by atoms with E-state index in [0.717, 1.165) is 32.1 Å². The molecule has 2 rings (SSSR count). The zero-order chi connectivity index (χ0) is 9.26. The second kappa shape index (κ2) is 3.49. The molecular formula is C11H15NO. The van der Waals surface area contributed by atoms with Crippen LogP contribution in [0.25, 0.3) is 0 Å². The minimum Gasteiger partial charge on any atom is -0.299 e. The normalized spacial score (nSPS) is 39.3. The average Bonchev–Trinajstić information content (AvgIpc) is 2.08. The van der Waals surface area contributed by atoms with Crippen molar-refractivity contribution in [2.45, 2.75) is 38.5 Å². The van der Waals surface area contributed by atoms with E-state index in [-0.39, 0.29) is 11.8 Å². The summed E-state index contributed by atoms with van der Waals surface area (Å²) in [5, 5.41) is 8.81. The van der Waals surface area contributed by atoms with Crippen molar-refractivity contribution in [2.75, 3.05) is 0 Å². The number of rotatable bonds is 1. The van der Waals surface area contributed by atoms with E-state index in [1.807, 2.05) is 0 Å². The van der Waals surface area contributed by atoms with Gasteiger partial charge in [0.1, 0.15) is 5.78 Å². The first-order valence-electron chi connectivity index (χ1n) is 5.25. The van der Waals surface area contributed by atoms with Gasteiger partial charge in [-0.3, -0.25) is 4.79 Å². The maximum Gasteiger partial charge on any atom is 0.136 e. The zero-order valence-electron chi connectivity index (χ0n) is 7.83. The Morgan fingerprint density at radius 1 is 1.23 bits per heavy atom. The molecule has 3 atom stereocenters. The Morgan fingerprint density at radius 2 is 2.08 bits per heavy atom. The minimum atomic E-state index is 0.187. The highest BCUT2D eigenvalue weighted by Crippen LogP contribution is 2.43. The van der Waals surface area contributed by atoms with E-state index in [2.05, 4.69) is 6.07 Å². The van der Waals surface area contributed by atoms with E-state index in [9.17, 15) is 4.79 Å². The third-order valence-corrected chi connectivity index (χ3v) is 3.61. The van der Waals surface area contributed by atoms with Crippen molar-refractivity contribution in [3.8, 4) is 6.07 Å². The van der Waals surface area contributed by atoms with Gasteiger partial charge in [0, 0.05) is 18.3 Å². The van der Waals surface area contributed by atoms with Crippen molar-refractivity contribution >= 4 is 5.78 Å². The summed E-state index contributed by atoms with van der Waals surface area (Å²) in [4.78, 5) is 11.6. The fraction of sp³-hybridized carbons (Fsp3) is 0.818. The van der Waals surface area contributed by atoms with Gasteiger partial charge in [0.25, 0.3) is 0 Å². The SMILES string of the molecule is N#CC1CCC1C1CCCCC1=O. The molecule has 2 aliphatic rings. The predicted molar refractivity (Wildman–Crippen MR) is 48.8 cm³/mol. The monoisotopic (exact) mass is 177 g/mol. The third kappa shape index (κ3) is 1.48. The molecule has 0 amide bonds. The largest absolute Gasteiger partial charge is 0.299 e. The maximum atomic E-state index is 11.6. The van der Waals surface area contributed by atoms with Gasteiger partial charge in [-0.05, 0) is 31.6 Å². The lowest BCUT2D eigenvalue weighted by Gasteiger charge is -2.38. The van der Waals surface area contributed by atoms with Crippen LogP contribution >= 0.6 is 0 Å². The van der Waals surface area contributed by atoms with Crippen LogP contribution in [0.3, 0.4) is 0 Å². The molecular weight excluding hydrogens is 162 g/mol. The lowest BCUT2D eigenvalue weighted by atomic mass is 9.63. The Kier molecular flexibility index (Phi) is 2.35. The van der Waals surface area contributed by atoms with Crippen molar-refractivity contribution in [3.63, 3.8) is 0 Å². The highest BCUT2D eigenvalue weighted by atomic mass is 16.1. The van der Waals surface area contributed by atoms with Gasteiger partial charge in [-0.25, -0.2) is 0 Å². The third-order valence-electron chi connectivity index (χ3n) is 3.61.